The predicted molar refractivity (Wildman–Crippen MR) is 91.9 cm³/mol. The smallest absolute Gasteiger partial charge is 0.0845 e. The van der Waals surface area contributed by atoms with Gasteiger partial charge in [-0.3, -0.25) is 0 Å². The highest BCUT2D eigenvalue weighted by atomic mass is 16.3. The molecule has 1 aliphatic rings. The summed E-state index contributed by atoms with van der Waals surface area (Å²) in [6.07, 6.45) is 1.72. The largest absolute Gasteiger partial charge is 0.390 e. The summed E-state index contributed by atoms with van der Waals surface area (Å²) in [6, 6.07) is 17.1. The molecular formula is C19H24N2O. The third kappa shape index (κ3) is 3.16. The maximum Gasteiger partial charge on any atom is 0.0845 e. The second-order valence-corrected chi connectivity index (χ2v) is 6.28. The van der Waals surface area contributed by atoms with E-state index in [1.54, 1.807) is 0 Å². The standard InChI is InChI=1S/C19H24N2O/c1-20(2)13-17(22)14-21-18-9-5-3-7-15(18)11-12-16-8-4-6-10-19(16)21/h3-10,17,22H,11-14H2,1-2H3. The van der Waals surface area contributed by atoms with Gasteiger partial charge in [-0.25, -0.2) is 0 Å². The molecule has 0 bridgehead atoms. The Morgan fingerprint density at radius 2 is 1.45 bits per heavy atom. The first kappa shape index (κ1) is 15.1. The van der Waals surface area contributed by atoms with E-state index in [4.69, 9.17) is 0 Å². The molecule has 1 atom stereocenters. The van der Waals surface area contributed by atoms with Crippen LogP contribution in [0, 0.1) is 0 Å². The van der Waals surface area contributed by atoms with Crippen LogP contribution >= 0.6 is 0 Å². The molecule has 1 heterocycles. The number of rotatable bonds is 4. The highest BCUT2D eigenvalue weighted by molar-refractivity contribution is 5.71. The Labute approximate surface area is 132 Å². The van der Waals surface area contributed by atoms with E-state index in [9.17, 15) is 5.11 Å². The first-order valence-electron chi connectivity index (χ1n) is 7.91. The van der Waals surface area contributed by atoms with E-state index in [0.717, 1.165) is 12.8 Å². The molecule has 0 aliphatic carbocycles. The first-order valence-corrected chi connectivity index (χ1v) is 7.91. The van der Waals surface area contributed by atoms with Gasteiger partial charge >= 0.3 is 0 Å². The van der Waals surface area contributed by atoms with Gasteiger partial charge in [-0.2, -0.15) is 0 Å². The van der Waals surface area contributed by atoms with Crippen LogP contribution in [0.15, 0.2) is 48.5 Å². The molecule has 22 heavy (non-hydrogen) atoms. The van der Waals surface area contributed by atoms with Crippen molar-refractivity contribution in [1.82, 2.24) is 4.90 Å². The van der Waals surface area contributed by atoms with Crippen molar-refractivity contribution in [2.24, 2.45) is 0 Å². The van der Waals surface area contributed by atoms with Crippen molar-refractivity contribution in [2.45, 2.75) is 18.9 Å². The number of hydrogen-bond donors (Lipinski definition) is 1. The number of para-hydroxylation sites is 2. The normalized spacial score (nSPS) is 15.2. The predicted octanol–water partition coefficient (Wildman–Crippen LogP) is 2.85. The van der Waals surface area contributed by atoms with Gasteiger partial charge in [0.15, 0.2) is 0 Å². The molecule has 1 N–H and O–H groups in total. The van der Waals surface area contributed by atoms with Crippen LogP contribution in [0.5, 0.6) is 0 Å². The minimum atomic E-state index is -0.380. The molecule has 2 aromatic rings. The summed E-state index contributed by atoms with van der Waals surface area (Å²) in [7, 11) is 3.99. The lowest BCUT2D eigenvalue weighted by molar-refractivity contribution is 0.144. The number of benzene rings is 2. The molecule has 0 aromatic heterocycles. The molecule has 0 spiro atoms. The summed E-state index contributed by atoms with van der Waals surface area (Å²) in [6.45, 7) is 1.28. The van der Waals surface area contributed by atoms with E-state index in [1.807, 2.05) is 19.0 Å². The van der Waals surface area contributed by atoms with Crippen LogP contribution in [0.2, 0.25) is 0 Å². The second-order valence-electron chi connectivity index (χ2n) is 6.28. The van der Waals surface area contributed by atoms with Crippen molar-refractivity contribution < 1.29 is 5.11 Å². The quantitative estimate of drug-likeness (QED) is 0.940. The SMILES string of the molecule is CN(C)CC(O)CN1c2ccccc2CCc2ccccc21. The van der Waals surface area contributed by atoms with Gasteiger partial charge < -0.3 is 14.9 Å². The molecule has 0 saturated carbocycles. The minimum absolute atomic E-state index is 0.380. The summed E-state index contributed by atoms with van der Waals surface area (Å²) in [5.74, 6) is 0. The molecule has 0 fully saturated rings. The zero-order valence-electron chi connectivity index (χ0n) is 13.4. The lowest BCUT2D eigenvalue weighted by Crippen LogP contribution is -2.36. The van der Waals surface area contributed by atoms with Gasteiger partial charge in [0.25, 0.3) is 0 Å². The van der Waals surface area contributed by atoms with Crippen LogP contribution in [0.25, 0.3) is 0 Å². The number of fused-ring (bicyclic) bond motifs is 2. The summed E-state index contributed by atoms with van der Waals surface area (Å²) in [4.78, 5) is 4.31. The van der Waals surface area contributed by atoms with Crippen molar-refractivity contribution in [3.05, 3.63) is 59.7 Å². The second kappa shape index (κ2) is 6.51. The van der Waals surface area contributed by atoms with Crippen molar-refractivity contribution in [3.63, 3.8) is 0 Å². The molecule has 0 radical (unpaired) electrons. The lowest BCUT2D eigenvalue weighted by atomic mass is 10.0. The zero-order valence-corrected chi connectivity index (χ0v) is 13.4. The molecule has 3 nitrogen and oxygen atoms in total. The Bertz CT molecular complexity index is 591. The maximum absolute atomic E-state index is 10.4. The Morgan fingerprint density at radius 3 is 1.95 bits per heavy atom. The van der Waals surface area contributed by atoms with Crippen LogP contribution in [0.1, 0.15) is 11.1 Å². The average Bonchev–Trinajstić information content (AvgIpc) is 2.65. The van der Waals surface area contributed by atoms with Gasteiger partial charge in [-0.05, 0) is 50.2 Å². The topological polar surface area (TPSA) is 26.7 Å². The molecule has 3 rings (SSSR count). The summed E-state index contributed by atoms with van der Waals surface area (Å²) in [5, 5.41) is 10.4. The van der Waals surface area contributed by atoms with Crippen molar-refractivity contribution in [2.75, 3.05) is 32.1 Å². The number of nitrogens with zero attached hydrogens (tertiary/aromatic N) is 2. The van der Waals surface area contributed by atoms with Gasteiger partial charge in [0, 0.05) is 17.9 Å². The summed E-state index contributed by atoms with van der Waals surface area (Å²) < 4.78 is 0. The van der Waals surface area contributed by atoms with Crippen molar-refractivity contribution in [1.29, 1.82) is 0 Å². The fourth-order valence-electron chi connectivity index (χ4n) is 3.26. The summed E-state index contributed by atoms with van der Waals surface area (Å²) >= 11 is 0. The maximum atomic E-state index is 10.4. The van der Waals surface area contributed by atoms with Gasteiger partial charge in [0.05, 0.1) is 12.6 Å². The fourth-order valence-corrected chi connectivity index (χ4v) is 3.26. The van der Waals surface area contributed by atoms with Gasteiger partial charge in [-0.1, -0.05) is 36.4 Å². The Kier molecular flexibility index (Phi) is 4.46. The highest BCUT2D eigenvalue weighted by Crippen LogP contribution is 2.35. The molecule has 2 aromatic carbocycles. The van der Waals surface area contributed by atoms with E-state index in [2.05, 4.69) is 53.4 Å². The third-order valence-electron chi connectivity index (χ3n) is 4.20. The van der Waals surface area contributed by atoms with Gasteiger partial charge in [0.1, 0.15) is 0 Å². The van der Waals surface area contributed by atoms with Crippen LogP contribution in [0.3, 0.4) is 0 Å². The first-order chi connectivity index (χ1) is 10.6. The minimum Gasteiger partial charge on any atom is -0.390 e. The van der Waals surface area contributed by atoms with Crippen molar-refractivity contribution >= 4 is 11.4 Å². The monoisotopic (exact) mass is 296 g/mol. The van der Waals surface area contributed by atoms with Crippen LogP contribution in [-0.2, 0) is 12.8 Å². The molecule has 0 saturated heterocycles. The Hall–Kier alpha value is -1.84. The van der Waals surface area contributed by atoms with E-state index in [1.165, 1.54) is 22.5 Å². The van der Waals surface area contributed by atoms with E-state index < -0.39 is 0 Å². The Balaban J connectivity index is 1.99. The number of aliphatic hydroxyl groups excluding tert-OH is 1. The van der Waals surface area contributed by atoms with Crippen LogP contribution in [0.4, 0.5) is 11.4 Å². The number of aryl methyl sites for hydroxylation is 2. The van der Waals surface area contributed by atoms with E-state index in [0.29, 0.717) is 13.1 Å². The lowest BCUT2D eigenvalue weighted by Gasteiger charge is -2.30. The fraction of sp³-hybridized carbons (Fsp3) is 0.368. The van der Waals surface area contributed by atoms with Crippen LogP contribution < -0.4 is 4.90 Å². The molecule has 0 amide bonds. The zero-order chi connectivity index (χ0) is 15.5. The van der Waals surface area contributed by atoms with Gasteiger partial charge in [-0.15, -0.1) is 0 Å². The Morgan fingerprint density at radius 1 is 0.955 bits per heavy atom. The number of β-amino-alcohol motifs (C(OH)–C–C–N with tert-alkyl or cyclic N) is 1. The van der Waals surface area contributed by atoms with E-state index >= 15 is 0 Å². The van der Waals surface area contributed by atoms with Crippen molar-refractivity contribution in [3.8, 4) is 0 Å². The highest BCUT2D eigenvalue weighted by Gasteiger charge is 2.22. The van der Waals surface area contributed by atoms with E-state index in [-0.39, 0.29) is 6.10 Å². The third-order valence-corrected chi connectivity index (χ3v) is 4.20. The summed E-state index contributed by atoms with van der Waals surface area (Å²) in [5.41, 5.74) is 5.17. The molecule has 1 unspecified atom stereocenters. The number of likely N-dealkylation sites (N-methyl/N-ethyl adjacent to an activating group) is 1. The molecular weight excluding hydrogens is 272 g/mol. The molecule has 116 valence electrons. The number of anilines is 2. The molecule has 3 heteroatoms. The molecule has 1 aliphatic heterocycles. The number of hydrogen-bond acceptors (Lipinski definition) is 3. The van der Waals surface area contributed by atoms with Crippen LogP contribution in [-0.4, -0.2) is 43.3 Å². The van der Waals surface area contributed by atoms with Gasteiger partial charge in [0.2, 0.25) is 0 Å². The number of aliphatic hydroxyl groups is 1. The average molecular weight is 296 g/mol.